The molecule has 7 nitrogen and oxygen atoms in total. The smallest absolute Gasteiger partial charge is 0.348 e. The van der Waals surface area contributed by atoms with E-state index in [1.807, 2.05) is 4.90 Å². The Morgan fingerprint density at radius 2 is 2.00 bits per heavy atom. The second kappa shape index (κ2) is 6.75. The maximum absolute atomic E-state index is 13.3. The van der Waals surface area contributed by atoms with Crippen molar-refractivity contribution in [3.05, 3.63) is 63.3 Å². The lowest BCUT2D eigenvalue weighted by molar-refractivity contribution is -0.384. The number of carbonyl (C=O) groups excluding carboxylic acids is 1. The van der Waals surface area contributed by atoms with Gasteiger partial charge in [-0.15, -0.1) is 11.3 Å². The summed E-state index contributed by atoms with van der Waals surface area (Å²) in [6.45, 7) is 1.04. The number of anilines is 1. The van der Waals surface area contributed by atoms with Crippen molar-refractivity contribution in [2.45, 2.75) is 6.10 Å². The lowest BCUT2D eigenvalue weighted by Gasteiger charge is -2.38. The van der Waals surface area contributed by atoms with Crippen molar-refractivity contribution >= 4 is 59.8 Å². The topological polar surface area (TPSA) is 85.6 Å². The van der Waals surface area contributed by atoms with Crippen LogP contribution in [0.1, 0.15) is 9.67 Å². The highest BCUT2D eigenvalue weighted by molar-refractivity contribution is 7.22. The van der Waals surface area contributed by atoms with E-state index in [9.17, 15) is 19.3 Å². The summed E-state index contributed by atoms with van der Waals surface area (Å²) in [7, 11) is 0. The van der Waals surface area contributed by atoms with Gasteiger partial charge in [0.15, 0.2) is 5.13 Å². The molecule has 0 bridgehead atoms. The molecule has 146 valence electrons. The average molecular weight is 429 g/mol. The highest BCUT2D eigenvalue weighted by Crippen LogP contribution is 2.33. The SMILES string of the molecule is O=C(OC1CN(c2nc3ccc(F)cc3s2)C1)c1cc2cc([N+](=O)[O-])ccc2s1. The lowest BCUT2D eigenvalue weighted by atomic mass is 10.2. The van der Waals surface area contributed by atoms with E-state index in [4.69, 9.17) is 4.74 Å². The Morgan fingerprint density at radius 3 is 2.79 bits per heavy atom. The van der Waals surface area contributed by atoms with Crippen LogP contribution in [0.4, 0.5) is 15.2 Å². The largest absolute Gasteiger partial charge is 0.454 e. The summed E-state index contributed by atoms with van der Waals surface area (Å²) in [5, 5.41) is 12.3. The molecule has 1 fully saturated rings. The van der Waals surface area contributed by atoms with Gasteiger partial charge in [0.2, 0.25) is 0 Å². The van der Waals surface area contributed by atoms with Crippen LogP contribution in [-0.4, -0.2) is 35.1 Å². The van der Waals surface area contributed by atoms with Gasteiger partial charge in [0, 0.05) is 22.2 Å². The number of hydrogen-bond acceptors (Lipinski definition) is 8. The van der Waals surface area contributed by atoms with Gasteiger partial charge in [0.1, 0.15) is 16.8 Å². The van der Waals surface area contributed by atoms with Crippen LogP contribution >= 0.6 is 22.7 Å². The maximum atomic E-state index is 13.3. The van der Waals surface area contributed by atoms with Gasteiger partial charge in [-0.05, 0) is 30.3 Å². The number of thiophene rings is 1. The summed E-state index contributed by atoms with van der Waals surface area (Å²) in [6.07, 6.45) is -0.259. The molecule has 0 unspecified atom stereocenters. The first kappa shape index (κ1) is 18.0. The van der Waals surface area contributed by atoms with Crippen LogP contribution in [0.3, 0.4) is 0 Å². The van der Waals surface area contributed by atoms with Crippen LogP contribution in [0.2, 0.25) is 0 Å². The third-order valence-electron chi connectivity index (χ3n) is 4.64. The zero-order valence-electron chi connectivity index (χ0n) is 14.7. The fourth-order valence-corrected chi connectivity index (χ4v) is 5.08. The number of nitrogens with zero attached hydrogens (tertiary/aromatic N) is 3. The predicted octanol–water partition coefficient (Wildman–Crippen LogP) is 4.60. The summed E-state index contributed by atoms with van der Waals surface area (Å²) in [6, 6.07) is 10.6. The summed E-state index contributed by atoms with van der Waals surface area (Å²) in [5.41, 5.74) is 0.729. The Balaban J connectivity index is 1.25. The van der Waals surface area contributed by atoms with Crippen LogP contribution in [0.5, 0.6) is 0 Å². The molecule has 0 spiro atoms. The molecule has 0 aliphatic carbocycles. The summed E-state index contributed by atoms with van der Waals surface area (Å²) >= 11 is 2.65. The average Bonchev–Trinajstić information content (AvgIpc) is 3.26. The molecule has 5 rings (SSSR count). The van der Waals surface area contributed by atoms with Gasteiger partial charge in [0.05, 0.1) is 28.2 Å². The zero-order valence-corrected chi connectivity index (χ0v) is 16.3. The van der Waals surface area contributed by atoms with Crippen LogP contribution in [0.15, 0.2) is 42.5 Å². The van der Waals surface area contributed by atoms with E-state index in [0.717, 1.165) is 20.0 Å². The van der Waals surface area contributed by atoms with Gasteiger partial charge >= 0.3 is 5.97 Å². The summed E-state index contributed by atoms with van der Waals surface area (Å²) in [5.74, 6) is -0.735. The van der Waals surface area contributed by atoms with E-state index in [1.54, 1.807) is 18.2 Å². The number of carbonyl (C=O) groups is 1. The second-order valence-electron chi connectivity index (χ2n) is 6.63. The van der Waals surface area contributed by atoms with Gasteiger partial charge in [-0.3, -0.25) is 10.1 Å². The van der Waals surface area contributed by atoms with Crippen molar-refractivity contribution in [1.82, 2.24) is 4.98 Å². The fourth-order valence-electron chi connectivity index (χ4n) is 3.14. The number of fused-ring (bicyclic) bond motifs is 2. The van der Waals surface area contributed by atoms with E-state index in [0.29, 0.717) is 23.4 Å². The van der Waals surface area contributed by atoms with Gasteiger partial charge < -0.3 is 9.64 Å². The first-order valence-corrected chi connectivity index (χ1v) is 10.3. The quantitative estimate of drug-likeness (QED) is 0.268. The van der Waals surface area contributed by atoms with Crippen molar-refractivity contribution in [2.24, 2.45) is 0 Å². The molecule has 2 aromatic heterocycles. The molecule has 2 aromatic carbocycles. The van der Waals surface area contributed by atoms with Crippen LogP contribution < -0.4 is 4.90 Å². The minimum absolute atomic E-state index is 0.0134. The normalized spacial score (nSPS) is 14.3. The minimum Gasteiger partial charge on any atom is -0.454 e. The number of benzene rings is 2. The Hall–Kier alpha value is -3.11. The Morgan fingerprint density at radius 1 is 1.17 bits per heavy atom. The lowest BCUT2D eigenvalue weighted by Crippen LogP contribution is -2.53. The number of ether oxygens (including phenoxy) is 1. The van der Waals surface area contributed by atoms with Crippen LogP contribution in [-0.2, 0) is 4.74 Å². The van der Waals surface area contributed by atoms with E-state index >= 15 is 0 Å². The van der Waals surface area contributed by atoms with Crippen molar-refractivity contribution in [3.8, 4) is 0 Å². The van der Waals surface area contributed by atoms with E-state index in [1.165, 1.54) is 46.9 Å². The molecule has 1 saturated heterocycles. The van der Waals surface area contributed by atoms with Gasteiger partial charge in [0.25, 0.3) is 5.69 Å². The Bertz CT molecular complexity index is 1280. The fraction of sp³-hybridized carbons (Fsp3) is 0.158. The monoisotopic (exact) mass is 429 g/mol. The molecule has 0 amide bonds. The molecule has 1 aliphatic heterocycles. The number of non-ortho nitro benzene ring substituents is 1. The van der Waals surface area contributed by atoms with Crippen LogP contribution in [0.25, 0.3) is 20.3 Å². The highest BCUT2D eigenvalue weighted by Gasteiger charge is 2.32. The Labute approximate surface area is 171 Å². The maximum Gasteiger partial charge on any atom is 0.348 e. The first-order valence-electron chi connectivity index (χ1n) is 8.66. The minimum atomic E-state index is -0.464. The molecule has 0 N–H and O–H groups in total. The van der Waals surface area contributed by atoms with Crippen molar-refractivity contribution in [1.29, 1.82) is 0 Å². The molecule has 0 radical (unpaired) electrons. The van der Waals surface area contributed by atoms with E-state index < -0.39 is 10.9 Å². The molecule has 1 aliphatic rings. The molecule has 0 saturated carbocycles. The summed E-state index contributed by atoms with van der Waals surface area (Å²) < 4.78 is 20.4. The third kappa shape index (κ3) is 3.30. The number of rotatable bonds is 4. The number of aromatic nitrogens is 1. The highest BCUT2D eigenvalue weighted by atomic mass is 32.1. The van der Waals surface area contributed by atoms with Gasteiger partial charge in [-0.1, -0.05) is 11.3 Å². The molecule has 29 heavy (non-hydrogen) atoms. The predicted molar refractivity (Wildman–Crippen MR) is 109 cm³/mol. The van der Waals surface area contributed by atoms with Crippen molar-refractivity contribution in [3.63, 3.8) is 0 Å². The number of nitro groups is 1. The second-order valence-corrected chi connectivity index (χ2v) is 8.72. The molecule has 10 heteroatoms. The van der Waals surface area contributed by atoms with Gasteiger partial charge in [-0.25, -0.2) is 14.2 Å². The number of thiazole rings is 1. The molecule has 0 atom stereocenters. The number of nitro benzene ring substituents is 1. The third-order valence-corrected chi connectivity index (χ3v) is 6.82. The van der Waals surface area contributed by atoms with E-state index in [-0.39, 0.29) is 17.6 Å². The Kier molecular flexibility index (Phi) is 4.18. The van der Waals surface area contributed by atoms with Gasteiger partial charge in [-0.2, -0.15) is 0 Å². The first-order chi connectivity index (χ1) is 14.0. The molecule has 4 aromatic rings. The molecular weight excluding hydrogens is 417 g/mol. The van der Waals surface area contributed by atoms with Crippen LogP contribution in [0, 0.1) is 15.9 Å². The molecular formula is C19H12FN3O4S2. The van der Waals surface area contributed by atoms with Crippen molar-refractivity contribution < 1.29 is 18.8 Å². The zero-order chi connectivity index (χ0) is 20.1. The number of hydrogen-bond donors (Lipinski definition) is 0. The molecule has 3 heterocycles. The number of esters is 1. The van der Waals surface area contributed by atoms with E-state index in [2.05, 4.69) is 4.98 Å². The number of halogens is 1. The van der Waals surface area contributed by atoms with Crippen molar-refractivity contribution in [2.75, 3.05) is 18.0 Å². The summed E-state index contributed by atoms with van der Waals surface area (Å²) in [4.78, 5) is 29.7. The standard InChI is InChI=1S/C19H12FN3O4S2/c20-11-1-3-14-16(7-11)29-19(21-14)22-8-13(9-22)27-18(24)17-6-10-5-12(23(25)26)2-4-15(10)28-17/h1-7,13H,8-9H2.